The van der Waals surface area contributed by atoms with Gasteiger partial charge in [0.25, 0.3) is 0 Å². The second-order valence-corrected chi connectivity index (χ2v) is 4.26. The SMILES string of the molecule is Nc1nnnn1CC1CC2C=CC1C2. The van der Waals surface area contributed by atoms with Gasteiger partial charge in [-0.25, -0.2) is 4.68 Å². The molecule has 74 valence electrons. The molecule has 2 aliphatic carbocycles. The molecule has 2 N–H and O–H groups in total. The van der Waals surface area contributed by atoms with Gasteiger partial charge in [-0.1, -0.05) is 17.3 Å². The number of tetrazole rings is 1. The van der Waals surface area contributed by atoms with Crippen molar-refractivity contribution in [1.82, 2.24) is 20.2 Å². The quantitative estimate of drug-likeness (QED) is 0.690. The highest BCUT2D eigenvalue weighted by molar-refractivity contribution is 5.13. The van der Waals surface area contributed by atoms with E-state index in [1.165, 1.54) is 12.8 Å². The fourth-order valence-electron chi connectivity index (χ4n) is 2.67. The van der Waals surface area contributed by atoms with Crippen LogP contribution in [0.2, 0.25) is 0 Å². The van der Waals surface area contributed by atoms with Gasteiger partial charge in [-0.15, -0.1) is 0 Å². The number of rotatable bonds is 2. The van der Waals surface area contributed by atoms with Crippen molar-refractivity contribution in [3.8, 4) is 0 Å². The molecule has 1 aromatic rings. The van der Waals surface area contributed by atoms with E-state index in [2.05, 4.69) is 27.7 Å². The second-order valence-electron chi connectivity index (χ2n) is 4.26. The first-order valence-corrected chi connectivity index (χ1v) is 5.03. The minimum Gasteiger partial charge on any atom is -0.367 e. The lowest BCUT2D eigenvalue weighted by molar-refractivity contribution is 0.363. The number of nitrogens with zero attached hydrogens (tertiary/aromatic N) is 4. The fourth-order valence-corrected chi connectivity index (χ4v) is 2.67. The Morgan fingerprint density at radius 3 is 2.93 bits per heavy atom. The maximum Gasteiger partial charge on any atom is 0.240 e. The highest BCUT2D eigenvalue weighted by Gasteiger charge is 2.36. The van der Waals surface area contributed by atoms with E-state index in [4.69, 9.17) is 5.73 Å². The number of fused-ring (bicyclic) bond motifs is 2. The first-order valence-electron chi connectivity index (χ1n) is 5.03. The van der Waals surface area contributed by atoms with E-state index >= 15 is 0 Å². The van der Waals surface area contributed by atoms with Gasteiger partial charge >= 0.3 is 0 Å². The average molecular weight is 191 g/mol. The Balaban J connectivity index is 1.75. The van der Waals surface area contributed by atoms with Gasteiger partial charge in [0.15, 0.2) is 0 Å². The van der Waals surface area contributed by atoms with Crippen molar-refractivity contribution in [1.29, 1.82) is 0 Å². The van der Waals surface area contributed by atoms with Crippen LogP contribution in [0.5, 0.6) is 0 Å². The van der Waals surface area contributed by atoms with E-state index in [0.29, 0.717) is 11.9 Å². The summed E-state index contributed by atoms with van der Waals surface area (Å²) in [7, 11) is 0. The smallest absolute Gasteiger partial charge is 0.240 e. The van der Waals surface area contributed by atoms with Crippen LogP contribution in [0.1, 0.15) is 12.8 Å². The molecular formula is C9H13N5. The third-order valence-corrected chi connectivity index (χ3v) is 3.38. The van der Waals surface area contributed by atoms with Crippen molar-refractivity contribution >= 4 is 5.95 Å². The molecule has 1 saturated carbocycles. The molecule has 0 amide bonds. The molecule has 3 atom stereocenters. The summed E-state index contributed by atoms with van der Waals surface area (Å²) < 4.78 is 1.71. The summed E-state index contributed by atoms with van der Waals surface area (Å²) in [6, 6.07) is 0. The van der Waals surface area contributed by atoms with Gasteiger partial charge < -0.3 is 5.73 Å². The van der Waals surface area contributed by atoms with Gasteiger partial charge in [-0.05, 0) is 41.0 Å². The third kappa shape index (κ3) is 1.12. The van der Waals surface area contributed by atoms with Gasteiger partial charge in [0, 0.05) is 6.54 Å². The molecular weight excluding hydrogens is 178 g/mol. The van der Waals surface area contributed by atoms with Crippen LogP contribution >= 0.6 is 0 Å². The van der Waals surface area contributed by atoms with Crippen molar-refractivity contribution in [2.45, 2.75) is 19.4 Å². The van der Waals surface area contributed by atoms with E-state index in [9.17, 15) is 0 Å². The van der Waals surface area contributed by atoms with Crippen molar-refractivity contribution < 1.29 is 0 Å². The Bertz CT molecular complexity index is 369. The molecule has 0 saturated heterocycles. The molecule has 2 aliphatic rings. The summed E-state index contributed by atoms with van der Waals surface area (Å²) >= 11 is 0. The van der Waals surface area contributed by atoms with Crippen LogP contribution in [0, 0.1) is 17.8 Å². The number of allylic oxidation sites excluding steroid dienone is 2. The molecule has 2 bridgehead atoms. The monoisotopic (exact) mass is 191 g/mol. The minimum atomic E-state index is 0.428. The van der Waals surface area contributed by atoms with Gasteiger partial charge in [-0.2, -0.15) is 0 Å². The normalized spacial score (nSPS) is 34.1. The maximum absolute atomic E-state index is 5.63. The van der Waals surface area contributed by atoms with Crippen LogP contribution in [-0.2, 0) is 6.54 Å². The van der Waals surface area contributed by atoms with E-state index < -0.39 is 0 Å². The average Bonchev–Trinajstić information content (AvgIpc) is 2.83. The van der Waals surface area contributed by atoms with Crippen molar-refractivity contribution in [2.24, 2.45) is 17.8 Å². The van der Waals surface area contributed by atoms with E-state index in [1.807, 2.05) is 0 Å². The molecule has 0 aromatic carbocycles. The lowest BCUT2D eigenvalue weighted by Crippen LogP contribution is -2.17. The second kappa shape index (κ2) is 2.80. The number of nitrogen functional groups attached to an aromatic ring is 1. The maximum atomic E-state index is 5.63. The Kier molecular flexibility index (Phi) is 1.59. The summed E-state index contributed by atoms with van der Waals surface area (Å²) in [4.78, 5) is 0. The first kappa shape index (κ1) is 7.96. The Labute approximate surface area is 82.0 Å². The molecule has 0 aliphatic heterocycles. The van der Waals surface area contributed by atoms with Gasteiger partial charge in [0.1, 0.15) is 0 Å². The molecule has 14 heavy (non-hydrogen) atoms. The molecule has 5 heteroatoms. The zero-order valence-corrected chi connectivity index (χ0v) is 7.87. The van der Waals surface area contributed by atoms with Crippen molar-refractivity contribution in [3.63, 3.8) is 0 Å². The Hall–Kier alpha value is -1.39. The topological polar surface area (TPSA) is 69.6 Å². The van der Waals surface area contributed by atoms with Crippen LogP contribution in [0.15, 0.2) is 12.2 Å². The van der Waals surface area contributed by atoms with Crippen molar-refractivity contribution in [3.05, 3.63) is 12.2 Å². The molecule has 3 unspecified atom stereocenters. The zero-order chi connectivity index (χ0) is 9.54. The van der Waals surface area contributed by atoms with Crippen LogP contribution in [-0.4, -0.2) is 20.2 Å². The summed E-state index contributed by atoms with van der Waals surface area (Å²) in [6.45, 7) is 0.865. The highest BCUT2D eigenvalue weighted by atomic mass is 15.6. The van der Waals surface area contributed by atoms with E-state index in [-0.39, 0.29) is 0 Å². The van der Waals surface area contributed by atoms with Gasteiger partial charge in [0.05, 0.1) is 0 Å². The summed E-state index contributed by atoms with van der Waals surface area (Å²) in [6.07, 6.45) is 7.25. The highest BCUT2D eigenvalue weighted by Crippen LogP contribution is 2.43. The Morgan fingerprint density at radius 2 is 2.36 bits per heavy atom. The van der Waals surface area contributed by atoms with Crippen molar-refractivity contribution in [2.75, 3.05) is 5.73 Å². The molecule has 1 fully saturated rings. The molecule has 3 rings (SSSR count). The third-order valence-electron chi connectivity index (χ3n) is 3.38. The zero-order valence-electron chi connectivity index (χ0n) is 7.87. The predicted molar refractivity (Wildman–Crippen MR) is 51.1 cm³/mol. The lowest BCUT2D eigenvalue weighted by Gasteiger charge is -2.17. The molecule has 5 nitrogen and oxygen atoms in total. The fraction of sp³-hybridized carbons (Fsp3) is 0.667. The molecule has 0 radical (unpaired) electrons. The van der Waals surface area contributed by atoms with Crippen LogP contribution in [0.4, 0.5) is 5.95 Å². The van der Waals surface area contributed by atoms with Gasteiger partial charge in [-0.3, -0.25) is 0 Å². The lowest BCUT2D eigenvalue weighted by atomic mass is 9.94. The van der Waals surface area contributed by atoms with E-state index in [1.54, 1.807) is 4.68 Å². The number of hydrogen-bond donors (Lipinski definition) is 1. The predicted octanol–water partition coefficient (Wildman–Crippen LogP) is 0.467. The summed E-state index contributed by atoms with van der Waals surface area (Å²) in [5, 5.41) is 11.1. The number of nitrogens with two attached hydrogens (primary N) is 1. The van der Waals surface area contributed by atoms with Crippen LogP contribution < -0.4 is 5.73 Å². The molecule has 1 heterocycles. The van der Waals surface area contributed by atoms with E-state index in [0.717, 1.165) is 18.4 Å². The first-order chi connectivity index (χ1) is 6.83. The van der Waals surface area contributed by atoms with Crippen LogP contribution in [0.3, 0.4) is 0 Å². The summed E-state index contributed by atoms with van der Waals surface area (Å²) in [5.41, 5.74) is 5.63. The standard InChI is InChI=1S/C9H13N5/c10-9-11-12-13-14(9)5-8-4-6-1-2-7(8)3-6/h1-2,6-8H,3-5H2,(H2,10,11,13). The minimum absolute atomic E-state index is 0.428. The largest absolute Gasteiger partial charge is 0.367 e. The molecule has 1 aromatic heterocycles. The molecule has 0 spiro atoms. The van der Waals surface area contributed by atoms with Crippen LogP contribution in [0.25, 0.3) is 0 Å². The number of anilines is 1. The van der Waals surface area contributed by atoms with Gasteiger partial charge in [0.2, 0.25) is 5.95 Å². The number of aromatic nitrogens is 4. The number of hydrogen-bond acceptors (Lipinski definition) is 4. The Morgan fingerprint density at radius 1 is 1.43 bits per heavy atom. The summed E-state index contributed by atoms with van der Waals surface area (Å²) in [5.74, 6) is 2.62.